The smallest absolute Gasteiger partial charge is 0.294 e. The molecule has 4 nitrogen and oxygen atoms in total. The second-order valence-corrected chi connectivity index (χ2v) is 8.69. The summed E-state index contributed by atoms with van der Waals surface area (Å²) >= 11 is 1.57. The molecule has 142 valence electrons. The Morgan fingerprint density at radius 3 is 2.78 bits per heavy atom. The fraction of sp³-hybridized carbons (Fsp3) is 0.364. The minimum atomic E-state index is -0.220. The highest BCUT2D eigenvalue weighted by molar-refractivity contribution is 7.99. The van der Waals surface area contributed by atoms with Crippen LogP contribution in [0.25, 0.3) is 5.65 Å². The largest absolute Gasteiger partial charge is 0.453 e. The Labute approximate surface area is 165 Å². The highest BCUT2D eigenvalue weighted by atomic mass is 32.2. The Hall–Kier alpha value is -2.27. The molecule has 0 amide bonds. The van der Waals surface area contributed by atoms with E-state index in [0.717, 1.165) is 36.4 Å². The van der Waals surface area contributed by atoms with Crippen LogP contribution in [0.2, 0.25) is 0 Å². The number of fused-ring (bicyclic) bond motifs is 1. The number of nitrogens with zero attached hydrogens (tertiary/aromatic N) is 2. The first-order chi connectivity index (χ1) is 13.1. The van der Waals surface area contributed by atoms with E-state index in [1.54, 1.807) is 18.0 Å². The molecule has 0 N–H and O–H groups in total. The highest BCUT2D eigenvalue weighted by Gasteiger charge is 2.25. The summed E-state index contributed by atoms with van der Waals surface area (Å²) in [6, 6.07) is 16.5. The lowest BCUT2D eigenvalue weighted by Crippen LogP contribution is -2.21. The number of benzene rings is 1. The van der Waals surface area contributed by atoms with E-state index in [-0.39, 0.29) is 10.9 Å². The summed E-state index contributed by atoms with van der Waals surface area (Å²) in [4.78, 5) is 15.4. The third-order valence-corrected chi connectivity index (χ3v) is 5.85. The quantitative estimate of drug-likeness (QED) is 0.269. The number of pyridine rings is 1. The van der Waals surface area contributed by atoms with Gasteiger partial charge in [0.05, 0.1) is 5.03 Å². The minimum Gasteiger partial charge on any atom is -0.453 e. The van der Waals surface area contributed by atoms with Gasteiger partial charge in [0.2, 0.25) is 0 Å². The summed E-state index contributed by atoms with van der Waals surface area (Å²) in [5.74, 6) is 0. The molecule has 0 fully saturated rings. The summed E-state index contributed by atoms with van der Waals surface area (Å²) in [6.45, 7) is 5.06. The number of aryl methyl sites for hydroxylation is 1. The number of ether oxygens (including phenoxy) is 1. The van der Waals surface area contributed by atoms with Crippen molar-refractivity contribution < 1.29 is 9.53 Å². The number of thioether (sulfide) groups is 1. The molecule has 3 aromatic rings. The molecule has 5 heteroatoms. The molecule has 0 saturated carbocycles. The first-order valence-corrected chi connectivity index (χ1v) is 10.2. The molecular formula is C22H26N2O2S. The molecule has 0 bridgehead atoms. The SMILES string of the molecule is CC(C)(CCCc1ccccc1)CC(OC=O)Sc1cccc2nccn12. The number of imidazole rings is 1. The summed E-state index contributed by atoms with van der Waals surface area (Å²) in [6.07, 6.45) is 7.79. The fourth-order valence-electron chi connectivity index (χ4n) is 3.30. The van der Waals surface area contributed by atoms with Crippen molar-refractivity contribution in [2.24, 2.45) is 5.41 Å². The number of aromatic nitrogens is 2. The van der Waals surface area contributed by atoms with Crippen LogP contribution in [0.3, 0.4) is 0 Å². The van der Waals surface area contributed by atoms with E-state index < -0.39 is 0 Å². The number of hydrogen-bond acceptors (Lipinski definition) is 4. The normalized spacial score (nSPS) is 12.8. The van der Waals surface area contributed by atoms with Gasteiger partial charge in [0.1, 0.15) is 5.65 Å². The maximum atomic E-state index is 11.0. The summed E-state index contributed by atoms with van der Waals surface area (Å²) in [5.41, 5.74) is 2.13. The van der Waals surface area contributed by atoms with Gasteiger partial charge < -0.3 is 4.74 Å². The molecule has 2 aromatic heterocycles. The van der Waals surface area contributed by atoms with Gasteiger partial charge in [-0.1, -0.05) is 62.0 Å². The molecule has 1 aromatic carbocycles. The van der Waals surface area contributed by atoms with Gasteiger partial charge in [-0.25, -0.2) is 4.98 Å². The van der Waals surface area contributed by atoms with Gasteiger partial charge in [0.15, 0.2) is 5.44 Å². The van der Waals surface area contributed by atoms with Gasteiger partial charge >= 0.3 is 0 Å². The number of rotatable bonds is 10. The summed E-state index contributed by atoms with van der Waals surface area (Å²) in [7, 11) is 0. The third-order valence-electron chi connectivity index (χ3n) is 4.73. The third kappa shape index (κ3) is 5.60. The molecule has 27 heavy (non-hydrogen) atoms. The molecule has 0 radical (unpaired) electrons. The second-order valence-electron chi connectivity index (χ2n) is 7.51. The average molecular weight is 383 g/mol. The van der Waals surface area contributed by atoms with Crippen LogP contribution in [0.4, 0.5) is 0 Å². The number of carbonyl (C=O) groups excluding carboxylic acids is 1. The van der Waals surface area contributed by atoms with Crippen LogP contribution in [-0.2, 0) is 16.0 Å². The van der Waals surface area contributed by atoms with Crippen molar-refractivity contribution >= 4 is 23.9 Å². The van der Waals surface area contributed by atoms with Crippen LogP contribution in [0.5, 0.6) is 0 Å². The molecule has 1 atom stereocenters. The van der Waals surface area contributed by atoms with E-state index in [9.17, 15) is 4.79 Å². The van der Waals surface area contributed by atoms with Gasteiger partial charge in [-0.05, 0) is 48.8 Å². The van der Waals surface area contributed by atoms with E-state index in [2.05, 4.69) is 43.1 Å². The maximum absolute atomic E-state index is 11.0. The highest BCUT2D eigenvalue weighted by Crippen LogP contribution is 2.36. The Kier molecular flexibility index (Phi) is 6.56. The van der Waals surface area contributed by atoms with Crippen molar-refractivity contribution in [1.29, 1.82) is 0 Å². The van der Waals surface area contributed by atoms with Gasteiger partial charge in [-0.15, -0.1) is 0 Å². The Morgan fingerprint density at radius 1 is 1.19 bits per heavy atom. The van der Waals surface area contributed by atoms with Crippen molar-refractivity contribution in [2.75, 3.05) is 0 Å². The van der Waals surface area contributed by atoms with Crippen LogP contribution in [0, 0.1) is 5.41 Å². The van der Waals surface area contributed by atoms with Gasteiger partial charge in [-0.2, -0.15) is 0 Å². The van der Waals surface area contributed by atoms with Crippen LogP contribution >= 0.6 is 11.8 Å². The maximum Gasteiger partial charge on any atom is 0.294 e. The van der Waals surface area contributed by atoms with Crippen LogP contribution in [0.1, 0.15) is 38.7 Å². The standard InChI is InChI=1S/C22H26N2O2S/c1-22(2,13-7-10-18-8-4-3-5-9-18)16-21(26-17-25)27-20-12-6-11-19-23-14-15-24(19)20/h3-6,8-9,11-12,14-15,17,21H,7,10,13,16H2,1-2H3. The first kappa shape index (κ1) is 19.5. The zero-order chi connectivity index (χ0) is 19.1. The molecule has 1 unspecified atom stereocenters. The lowest BCUT2D eigenvalue weighted by atomic mass is 9.83. The molecule has 0 aliphatic heterocycles. The van der Waals surface area contributed by atoms with E-state index in [0.29, 0.717) is 6.47 Å². The first-order valence-electron chi connectivity index (χ1n) is 9.29. The zero-order valence-electron chi connectivity index (χ0n) is 15.9. The van der Waals surface area contributed by atoms with Crippen molar-refractivity contribution in [3.63, 3.8) is 0 Å². The monoisotopic (exact) mass is 382 g/mol. The summed E-state index contributed by atoms with van der Waals surface area (Å²) in [5, 5.41) is 1.02. The fourth-order valence-corrected chi connectivity index (χ4v) is 4.63. The predicted octanol–water partition coefficient (Wildman–Crippen LogP) is 5.36. The number of carbonyl (C=O) groups is 1. The van der Waals surface area contributed by atoms with Gasteiger partial charge in [-0.3, -0.25) is 9.20 Å². The molecule has 2 heterocycles. The molecule has 0 spiro atoms. The van der Waals surface area contributed by atoms with Crippen LogP contribution in [0.15, 0.2) is 66.0 Å². The minimum absolute atomic E-state index is 0.0816. The van der Waals surface area contributed by atoms with Crippen molar-refractivity contribution in [3.05, 3.63) is 66.5 Å². The van der Waals surface area contributed by atoms with Gasteiger partial charge in [0, 0.05) is 12.4 Å². The van der Waals surface area contributed by atoms with Crippen LogP contribution < -0.4 is 0 Å². The van der Waals surface area contributed by atoms with Crippen LogP contribution in [-0.4, -0.2) is 21.3 Å². The lowest BCUT2D eigenvalue weighted by molar-refractivity contribution is -0.130. The average Bonchev–Trinajstić information content (AvgIpc) is 3.12. The Balaban J connectivity index is 1.60. The topological polar surface area (TPSA) is 43.6 Å². The molecule has 0 saturated heterocycles. The van der Waals surface area contributed by atoms with E-state index in [4.69, 9.17) is 4.74 Å². The lowest BCUT2D eigenvalue weighted by Gasteiger charge is -2.28. The Bertz CT molecular complexity index is 861. The van der Waals surface area contributed by atoms with Crippen molar-refractivity contribution in [2.45, 2.75) is 50.0 Å². The molecule has 0 aliphatic carbocycles. The number of hydrogen-bond donors (Lipinski definition) is 0. The zero-order valence-corrected chi connectivity index (χ0v) is 16.7. The molecule has 0 aliphatic rings. The molecule has 3 rings (SSSR count). The predicted molar refractivity (Wildman–Crippen MR) is 110 cm³/mol. The Morgan fingerprint density at radius 2 is 2.00 bits per heavy atom. The van der Waals surface area contributed by atoms with Crippen molar-refractivity contribution in [1.82, 2.24) is 9.38 Å². The molecular weight excluding hydrogens is 356 g/mol. The van der Waals surface area contributed by atoms with Crippen molar-refractivity contribution in [3.8, 4) is 0 Å². The van der Waals surface area contributed by atoms with Gasteiger partial charge in [0.25, 0.3) is 6.47 Å². The van der Waals surface area contributed by atoms with E-state index >= 15 is 0 Å². The van der Waals surface area contributed by atoms with E-state index in [1.165, 1.54) is 5.56 Å². The second kappa shape index (κ2) is 9.09. The summed E-state index contributed by atoms with van der Waals surface area (Å²) < 4.78 is 7.44. The van der Waals surface area contributed by atoms with E-state index in [1.807, 2.05) is 34.9 Å².